The van der Waals surface area contributed by atoms with Crippen molar-refractivity contribution >= 4 is 29.3 Å². The van der Waals surface area contributed by atoms with E-state index < -0.39 is 47.0 Å². The number of imide groups is 1. The first-order valence-corrected chi connectivity index (χ1v) is 11.4. The van der Waals surface area contributed by atoms with E-state index in [1.54, 1.807) is 24.3 Å². The van der Waals surface area contributed by atoms with Crippen LogP contribution in [0.1, 0.15) is 55.1 Å². The van der Waals surface area contributed by atoms with Crippen molar-refractivity contribution in [1.29, 1.82) is 0 Å². The maximum absolute atomic E-state index is 14.1. The summed E-state index contributed by atoms with van der Waals surface area (Å²) in [4.78, 5) is 53.7. The lowest BCUT2D eigenvalue weighted by Gasteiger charge is -2.32. The number of carbonyl (C=O) groups excluding carboxylic acids is 4. The highest BCUT2D eigenvalue weighted by atomic mass is 19.1. The molecule has 4 unspecified atom stereocenters. The third-order valence-corrected chi connectivity index (χ3v) is 6.85. The van der Waals surface area contributed by atoms with Crippen molar-refractivity contribution in [3.63, 3.8) is 0 Å². The molecule has 0 saturated carbocycles. The van der Waals surface area contributed by atoms with Crippen LogP contribution in [0, 0.1) is 17.7 Å². The fraction of sp³-hybridized carbons (Fsp3) is 0.385. The van der Waals surface area contributed by atoms with Crippen LogP contribution in [-0.2, 0) is 19.1 Å². The Balaban J connectivity index is 1.87. The topological polar surface area (TPSA) is 92.8 Å². The summed E-state index contributed by atoms with van der Waals surface area (Å²) in [6.45, 7) is 3.36. The number of fused-ring (bicyclic) bond motifs is 1. The zero-order valence-corrected chi connectivity index (χ0v) is 19.3. The molecule has 2 amide bonds. The van der Waals surface area contributed by atoms with Gasteiger partial charge in [-0.15, -0.1) is 0 Å². The summed E-state index contributed by atoms with van der Waals surface area (Å²) in [5.74, 6) is -4.33. The predicted octanol–water partition coefficient (Wildman–Crippen LogP) is 3.58. The number of unbranched alkanes of at least 4 members (excludes halogenated alkanes) is 1. The van der Waals surface area contributed by atoms with E-state index in [2.05, 4.69) is 5.32 Å². The van der Waals surface area contributed by atoms with E-state index in [4.69, 9.17) is 4.74 Å². The molecule has 4 rings (SSSR count). The van der Waals surface area contributed by atoms with E-state index >= 15 is 0 Å². The number of ketones is 1. The number of nitrogens with one attached hydrogen (secondary N) is 1. The number of esters is 1. The maximum Gasteiger partial charge on any atom is 0.326 e. The van der Waals surface area contributed by atoms with Gasteiger partial charge < -0.3 is 4.74 Å². The second-order valence-electron chi connectivity index (χ2n) is 8.87. The monoisotopic (exact) mass is 466 g/mol. The lowest BCUT2D eigenvalue weighted by atomic mass is 9.76. The van der Waals surface area contributed by atoms with E-state index in [0.29, 0.717) is 17.5 Å². The Hall–Kier alpha value is -3.39. The second-order valence-corrected chi connectivity index (χ2v) is 8.87. The number of rotatable bonds is 7. The minimum absolute atomic E-state index is 0.202. The highest BCUT2D eigenvalue weighted by Gasteiger charge is 2.68. The number of methoxy groups -OCH3 is 1. The molecule has 0 aliphatic carbocycles. The Morgan fingerprint density at radius 2 is 1.85 bits per heavy atom. The van der Waals surface area contributed by atoms with Gasteiger partial charge in [-0.25, -0.2) is 9.29 Å². The van der Waals surface area contributed by atoms with Gasteiger partial charge in [-0.3, -0.25) is 24.5 Å². The Morgan fingerprint density at radius 1 is 1.12 bits per heavy atom. The van der Waals surface area contributed by atoms with Crippen LogP contribution in [0.5, 0.6) is 0 Å². The summed E-state index contributed by atoms with van der Waals surface area (Å²) in [6.07, 6.45) is 1.65. The largest absolute Gasteiger partial charge is 0.468 e. The molecule has 0 spiro atoms. The first kappa shape index (κ1) is 23.8. The van der Waals surface area contributed by atoms with Gasteiger partial charge >= 0.3 is 5.97 Å². The summed E-state index contributed by atoms with van der Waals surface area (Å²) < 4.78 is 19.2. The third-order valence-electron chi connectivity index (χ3n) is 6.85. The van der Waals surface area contributed by atoms with Gasteiger partial charge in [0.15, 0.2) is 5.78 Å². The minimum Gasteiger partial charge on any atom is -0.468 e. The van der Waals surface area contributed by atoms with E-state index in [1.165, 1.54) is 38.3 Å². The SMILES string of the molecule is CCCCC1(C(=O)OC)NC(c2cccc(F)c2)C2C(=O)N(c3cccc(C(C)=O)c3)C(=O)C21. The first-order valence-electron chi connectivity index (χ1n) is 11.4. The Labute approximate surface area is 197 Å². The third kappa shape index (κ3) is 3.72. The number of hydrogen-bond donors (Lipinski definition) is 1. The first-order chi connectivity index (χ1) is 16.2. The number of Topliss-reactive ketones (excluding diaryl/α,β-unsaturated/α-hetero) is 1. The fourth-order valence-electron chi connectivity index (χ4n) is 5.26. The lowest BCUT2D eigenvalue weighted by Crippen LogP contribution is -2.56. The second kappa shape index (κ2) is 9.10. The van der Waals surface area contributed by atoms with Crippen LogP contribution in [0.4, 0.5) is 10.1 Å². The molecule has 34 heavy (non-hydrogen) atoms. The molecule has 2 fully saturated rings. The number of amides is 2. The van der Waals surface area contributed by atoms with Gasteiger partial charge in [0, 0.05) is 11.6 Å². The highest BCUT2D eigenvalue weighted by Crippen LogP contribution is 2.51. The number of ether oxygens (including phenoxy) is 1. The summed E-state index contributed by atoms with van der Waals surface area (Å²) >= 11 is 0. The molecular formula is C26H27FN2O5. The summed E-state index contributed by atoms with van der Waals surface area (Å²) in [6, 6.07) is 11.3. The van der Waals surface area contributed by atoms with Gasteiger partial charge in [0.25, 0.3) is 0 Å². The van der Waals surface area contributed by atoms with E-state index in [0.717, 1.165) is 11.3 Å². The van der Waals surface area contributed by atoms with Crippen molar-refractivity contribution in [2.45, 2.75) is 44.7 Å². The van der Waals surface area contributed by atoms with E-state index in [1.807, 2.05) is 6.92 Å². The number of benzene rings is 2. The molecule has 2 aliphatic heterocycles. The van der Waals surface area contributed by atoms with Gasteiger partial charge in [0.1, 0.15) is 11.4 Å². The van der Waals surface area contributed by atoms with Gasteiger partial charge in [-0.2, -0.15) is 0 Å². The van der Waals surface area contributed by atoms with Crippen LogP contribution in [0.15, 0.2) is 48.5 Å². The van der Waals surface area contributed by atoms with E-state index in [-0.39, 0.29) is 17.9 Å². The minimum atomic E-state index is -1.44. The predicted molar refractivity (Wildman–Crippen MR) is 122 cm³/mol. The number of halogens is 1. The summed E-state index contributed by atoms with van der Waals surface area (Å²) in [7, 11) is 1.25. The van der Waals surface area contributed by atoms with Crippen molar-refractivity contribution in [2.75, 3.05) is 12.0 Å². The number of hydrogen-bond acceptors (Lipinski definition) is 6. The molecule has 2 aliphatic rings. The quantitative estimate of drug-likeness (QED) is 0.381. The van der Waals surface area contributed by atoms with Crippen molar-refractivity contribution in [3.8, 4) is 0 Å². The van der Waals surface area contributed by atoms with Crippen molar-refractivity contribution < 1.29 is 28.3 Å². The average Bonchev–Trinajstić information content (AvgIpc) is 3.31. The number of anilines is 1. The maximum atomic E-state index is 14.1. The molecule has 0 aromatic heterocycles. The molecule has 2 saturated heterocycles. The van der Waals surface area contributed by atoms with E-state index in [9.17, 15) is 23.6 Å². The van der Waals surface area contributed by atoms with Crippen molar-refractivity contribution in [2.24, 2.45) is 11.8 Å². The molecule has 4 atom stereocenters. The van der Waals surface area contributed by atoms with Crippen LogP contribution in [0.3, 0.4) is 0 Å². The molecule has 8 heteroatoms. The smallest absolute Gasteiger partial charge is 0.326 e. The van der Waals surface area contributed by atoms with Gasteiger partial charge in [0.2, 0.25) is 11.8 Å². The Kier molecular flexibility index (Phi) is 6.36. The zero-order chi connectivity index (χ0) is 24.6. The molecule has 2 aromatic carbocycles. The molecule has 2 heterocycles. The zero-order valence-electron chi connectivity index (χ0n) is 19.3. The van der Waals surface area contributed by atoms with Gasteiger partial charge in [-0.05, 0) is 43.2 Å². The van der Waals surface area contributed by atoms with Crippen LogP contribution < -0.4 is 10.2 Å². The van der Waals surface area contributed by atoms with Crippen molar-refractivity contribution in [1.82, 2.24) is 5.32 Å². The van der Waals surface area contributed by atoms with Gasteiger partial charge in [0.05, 0.1) is 24.6 Å². The molecule has 7 nitrogen and oxygen atoms in total. The molecule has 0 radical (unpaired) electrons. The highest BCUT2D eigenvalue weighted by molar-refractivity contribution is 6.24. The lowest BCUT2D eigenvalue weighted by molar-refractivity contribution is -0.152. The van der Waals surface area contributed by atoms with Crippen LogP contribution in [0.2, 0.25) is 0 Å². The average molecular weight is 467 g/mol. The fourth-order valence-corrected chi connectivity index (χ4v) is 5.26. The van der Waals surface area contributed by atoms with Crippen LogP contribution >= 0.6 is 0 Å². The summed E-state index contributed by atoms with van der Waals surface area (Å²) in [5.41, 5.74) is -0.339. The van der Waals surface area contributed by atoms with Crippen molar-refractivity contribution in [3.05, 3.63) is 65.5 Å². The van der Waals surface area contributed by atoms with Gasteiger partial charge in [-0.1, -0.05) is 44.0 Å². The molecule has 1 N–H and O–H groups in total. The molecule has 0 bridgehead atoms. The normalized spacial score (nSPS) is 26.0. The molecular weight excluding hydrogens is 439 g/mol. The number of nitrogens with zero attached hydrogens (tertiary/aromatic N) is 1. The molecule has 178 valence electrons. The Morgan fingerprint density at radius 3 is 2.50 bits per heavy atom. The Bertz CT molecular complexity index is 1170. The number of carbonyl (C=O) groups is 4. The van der Waals surface area contributed by atoms with Crippen LogP contribution in [-0.4, -0.2) is 36.2 Å². The standard InChI is InChI=1S/C26H27FN2O5/c1-4-5-12-26(25(33)34-3)21-20(22(28-26)17-9-6-10-18(27)13-17)23(31)29(24(21)32)19-11-7-8-16(14-19)15(2)30/h6-11,13-14,20-22,28H,4-5,12H2,1-3H3. The molecule has 2 aromatic rings. The van der Waals surface area contributed by atoms with Crippen LogP contribution in [0.25, 0.3) is 0 Å². The summed E-state index contributed by atoms with van der Waals surface area (Å²) in [5, 5.41) is 3.23.